The van der Waals surface area contributed by atoms with Crippen molar-refractivity contribution in [1.82, 2.24) is 44.4 Å². The van der Waals surface area contributed by atoms with E-state index in [1.54, 1.807) is 26.5 Å². The first-order chi connectivity index (χ1) is 23.4. The van der Waals surface area contributed by atoms with Crippen LogP contribution in [0.1, 0.15) is 46.5 Å². The predicted molar refractivity (Wildman–Crippen MR) is 177 cm³/mol. The predicted octanol–water partition coefficient (Wildman–Crippen LogP) is 3.16. The third-order valence-corrected chi connectivity index (χ3v) is 10.4. The summed E-state index contributed by atoms with van der Waals surface area (Å²) in [6.07, 6.45) is 8.68. The molecule has 0 spiro atoms. The van der Waals surface area contributed by atoms with Crippen LogP contribution in [0.2, 0.25) is 0 Å². The Morgan fingerprint density at radius 1 is 1.04 bits per heavy atom. The van der Waals surface area contributed by atoms with Gasteiger partial charge in [-0.3, -0.25) is 9.48 Å². The molecule has 4 aliphatic rings. The number of halogens is 2. The molecule has 2 atom stereocenters. The maximum absolute atomic E-state index is 13.7. The van der Waals surface area contributed by atoms with Gasteiger partial charge in [-0.15, -0.1) is 5.10 Å². The largest absolute Gasteiger partial charge is 0.364 e. The van der Waals surface area contributed by atoms with Crippen LogP contribution in [0.4, 0.5) is 30.9 Å². The van der Waals surface area contributed by atoms with E-state index >= 15 is 0 Å². The van der Waals surface area contributed by atoms with Gasteiger partial charge in [0.2, 0.25) is 11.9 Å². The van der Waals surface area contributed by atoms with Gasteiger partial charge in [-0.25, -0.2) is 18.1 Å². The number of nitriles is 1. The number of nitrogens with zero attached hydrogens (tertiary/aromatic N) is 10. The lowest BCUT2D eigenvalue weighted by Crippen LogP contribution is -2.64. The van der Waals surface area contributed by atoms with Crippen LogP contribution in [0.3, 0.4) is 0 Å². The summed E-state index contributed by atoms with van der Waals surface area (Å²) < 4.78 is 30.7. The zero-order chi connectivity index (χ0) is 34.5. The van der Waals surface area contributed by atoms with Gasteiger partial charge in [0.05, 0.1) is 47.1 Å². The number of hydrogen-bond donors (Lipinski definition) is 2. The number of aromatic nitrogens is 5. The molecule has 4 aliphatic heterocycles. The van der Waals surface area contributed by atoms with Crippen LogP contribution in [0.25, 0.3) is 5.65 Å². The van der Waals surface area contributed by atoms with E-state index in [1.165, 1.54) is 0 Å². The van der Waals surface area contributed by atoms with E-state index in [0.29, 0.717) is 56.0 Å². The number of pyridine rings is 1. The molecule has 3 aromatic rings. The molecule has 0 saturated carbocycles. The first-order valence-corrected chi connectivity index (χ1v) is 17.1. The van der Waals surface area contributed by atoms with Crippen LogP contribution < -0.4 is 15.5 Å². The summed E-state index contributed by atoms with van der Waals surface area (Å²) in [5, 5.41) is 24.9. The number of fused-ring (bicyclic) bond motifs is 3. The van der Waals surface area contributed by atoms with Crippen molar-refractivity contribution in [3.8, 4) is 6.07 Å². The van der Waals surface area contributed by atoms with Gasteiger partial charge in [0.1, 0.15) is 6.54 Å². The summed E-state index contributed by atoms with van der Waals surface area (Å²) in [5.74, 6) is -3.14. The number of nitrogens with one attached hydrogen (secondary N) is 2. The molecule has 2 bridgehead atoms. The molecule has 4 fully saturated rings. The van der Waals surface area contributed by atoms with Crippen molar-refractivity contribution in [3.63, 3.8) is 0 Å². The highest BCUT2D eigenvalue weighted by Crippen LogP contribution is 2.38. The molecule has 3 aromatic heterocycles. The Kier molecular flexibility index (Phi) is 8.58. The molecule has 7 heterocycles. The number of likely N-dealkylation sites (tertiary alicyclic amines) is 2. The fourth-order valence-electron chi connectivity index (χ4n) is 7.38. The highest BCUT2D eigenvalue weighted by molar-refractivity contribution is 5.78. The fourth-order valence-corrected chi connectivity index (χ4v) is 7.38. The van der Waals surface area contributed by atoms with Crippen LogP contribution >= 0.6 is 0 Å². The van der Waals surface area contributed by atoms with Crippen molar-refractivity contribution < 1.29 is 18.4 Å². The lowest BCUT2D eigenvalue weighted by molar-refractivity contribution is -0.133. The van der Waals surface area contributed by atoms with Gasteiger partial charge in [0, 0.05) is 64.2 Å². The van der Waals surface area contributed by atoms with E-state index in [0.717, 1.165) is 38.3 Å². The lowest BCUT2D eigenvalue weighted by Gasteiger charge is -2.48. The highest BCUT2D eigenvalue weighted by Gasteiger charge is 2.50. The first-order valence-electron chi connectivity index (χ1n) is 17.1. The molecule has 2 unspecified atom stereocenters. The van der Waals surface area contributed by atoms with Crippen LogP contribution in [0, 0.1) is 22.7 Å². The second-order valence-corrected chi connectivity index (χ2v) is 14.7. The van der Waals surface area contributed by atoms with Crippen molar-refractivity contribution in [2.24, 2.45) is 11.3 Å². The molecular weight excluding hydrogens is 634 g/mol. The summed E-state index contributed by atoms with van der Waals surface area (Å²) >= 11 is 0. The van der Waals surface area contributed by atoms with E-state index in [1.807, 2.05) is 42.0 Å². The molecule has 7 rings (SSSR count). The number of anilines is 3. The summed E-state index contributed by atoms with van der Waals surface area (Å²) in [6, 6.07) is 6.41. The fraction of sp³-hybridized carbons (Fsp3) is 0.636. The number of alkyl halides is 2. The normalized spacial score (nSPS) is 22.0. The molecule has 2 N–H and O–H groups in total. The van der Waals surface area contributed by atoms with Crippen molar-refractivity contribution in [1.29, 1.82) is 5.26 Å². The number of piperazine rings is 1. The molecule has 262 valence electrons. The lowest BCUT2D eigenvalue weighted by atomic mass is 9.94. The zero-order valence-electron chi connectivity index (χ0n) is 28.2. The summed E-state index contributed by atoms with van der Waals surface area (Å²) in [7, 11) is 0. The molecular formula is C33H44F2N12O2. The molecule has 4 saturated heterocycles. The average Bonchev–Trinajstić information content (AvgIpc) is 3.73. The monoisotopic (exact) mass is 678 g/mol. The number of urea groups is 1. The van der Waals surface area contributed by atoms with Crippen LogP contribution in [0.5, 0.6) is 0 Å². The van der Waals surface area contributed by atoms with E-state index in [2.05, 4.69) is 31.8 Å². The van der Waals surface area contributed by atoms with E-state index in [-0.39, 0.29) is 43.7 Å². The number of amides is 3. The van der Waals surface area contributed by atoms with Crippen molar-refractivity contribution in [3.05, 3.63) is 30.7 Å². The zero-order valence-corrected chi connectivity index (χ0v) is 28.2. The first kappa shape index (κ1) is 33.0. The van der Waals surface area contributed by atoms with Gasteiger partial charge >= 0.3 is 6.03 Å². The third kappa shape index (κ3) is 6.85. The number of piperidine rings is 1. The number of carbonyl (C=O) groups excluding carboxylic acids is 2. The van der Waals surface area contributed by atoms with E-state index in [9.17, 15) is 23.6 Å². The summed E-state index contributed by atoms with van der Waals surface area (Å²) in [6.45, 7) is 8.31. The molecule has 14 nitrogen and oxygen atoms in total. The quantitative estimate of drug-likeness (QED) is 0.349. The van der Waals surface area contributed by atoms with Crippen LogP contribution in [0.15, 0.2) is 30.7 Å². The molecule has 49 heavy (non-hydrogen) atoms. The minimum absolute atomic E-state index is 0.00613. The summed E-state index contributed by atoms with van der Waals surface area (Å²) in [5.41, 5.74) is 1.83. The van der Waals surface area contributed by atoms with Gasteiger partial charge in [-0.1, -0.05) is 0 Å². The smallest absolute Gasteiger partial charge is 0.320 e. The molecule has 0 radical (unpaired) electrons. The van der Waals surface area contributed by atoms with Crippen molar-refractivity contribution in [2.45, 2.75) is 77.0 Å². The second-order valence-electron chi connectivity index (χ2n) is 14.7. The maximum Gasteiger partial charge on any atom is 0.320 e. The topological polar surface area (TPSA) is 143 Å². The average molecular weight is 679 g/mol. The SMILES string of the molecule is CC(C)(C#N)CNC1CCN(C(=O)Cn2cc(Nc3nc4c(N5CC6CCC(C5)N6C(=O)N5CC(C(C)(F)F)C5)cccn4n3)cn2)CC1. The third-order valence-electron chi connectivity index (χ3n) is 10.4. The Bertz CT molecular complexity index is 1720. The minimum atomic E-state index is -2.77. The van der Waals surface area contributed by atoms with Gasteiger partial charge in [-0.05, 0) is 58.6 Å². The van der Waals surface area contributed by atoms with Gasteiger partial charge < -0.3 is 30.2 Å². The van der Waals surface area contributed by atoms with Crippen molar-refractivity contribution in [2.75, 3.05) is 56.0 Å². The Balaban J connectivity index is 0.937. The van der Waals surface area contributed by atoms with Crippen LogP contribution in [-0.4, -0.2) is 121 Å². The minimum Gasteiger partial charge on any atom is -0.364 e. The Morgan fingerprint density at radius 3 is 2.43 bits per heavy atom. The van der Waals surface area contributed by atoms with E-state index in [4.69, 9.17) is 4.98 Å². The van der Waals surface area contributed by atoms with E-state index < -0.39 is 17.3 Å². The number of rotatable bonds is 9. The van der Waals surface area contributed by atoms with Gasteiger partial charge in [-0.2, -0.15) is 15.3 Å². The van der Waals surface area contributed by atoms with Gasteiger partial charge in [0.15, 0.2) is 5.65 Å². The Morgan fingerprint density at radius 2 is 1.76 bits per heavy atom. The highest BCUT2D eigenvalue weighted by atomic mass is 19.3. The molecule has 3 amide bonds. The number of hydrogen-bond acceptors (Lipinski definition) is 9. The molecule has 16 heteroatoms. The number of carbonyl (C=O) groups is 2. The van der Waals surface area contributed by atoms with Gasteiger partial charge in [0.25, 0.3) is 5.92 Å². The molecule has 0 aromatic carbocycles. The summed E-state index contributed by atoms with van der Waals surface area (Å²) in [4.78, 5) is 38.6. The Hall–Kier alpha value is -4.52. The molecule has 0 aliphatic carbocycles. The maximum atomic E-state index is 13.7. The second kappa shape index (κ2) is 12.7. The van der Waals surface area contributed by atoms with Crippen LogP contribution in [-0.2, 0) is 11.3 Å². The Labute approximate surface area is 284 Å². The standard InChI is InChI=1S/C33H44F2N12O2/c1-32(2,20-36)21-37-23-8-11-42(12-9-23)28(48)19-45-16-24(13-38-45)39-30-40-29-27(5-4-10-46(29)41-30)43-17-25-6-7-26(18-43)47(25)31(49)44-14-22(15-44)33(3,34)35/h4-5,10,13,16,22-23,25-26,37H,6-9,11-12,14-15,17-19,21H2,1-3H3,(H,39,41). The van der Waals surface area contributed by atoms with Crippen molar-refractivity contribution >= 4 is 34.9 Å².